The Morgan fingerprint density at radius 3 is 2.32 bits per heavy atom. The molecule has 0 radical (unpaired) electrons. The number of nitro groups is 1. The molecule has 0 aliphatic heterocycles. The third-order valence-corrected chi connectivity index (χ3v) is 4.89. The molecule has 8 heteroatoms. The normalized spacial score (nSPS) is 12.0. The van der Waals surface area contributed by atoms with Gasteiger partial charge in [-0.05, 0) is 43.1 Å². The Morgan fingerprint density at radius 2 is 1.74 bits per heavy atom. The highest BCUT2D eigenvalue weighted by Crippen LogP contribution is 2.29. The number of non-ortho nitro benzene ring substituents is 1. The summed E-state index contributed by atoms with van der Waals surface area (Å²) in [5, 5.41) is 13.6. The summed E-state index contributed by atoms with van der Waals surface area (Å²) in [6.45, 7) is 7.48. The third kappa shape index (κ3) is 7.25. The minimum absolute atomic E-state index is 0.0272. The summed E-state index contributed by atoms with van der Waals surface area (Å²) in [6, 6.07) is 11.6. The van der Waals surface area contributed by atoms with E-state index in [0.717, 1.165) is 11.1 Å². The highest BCUT2D eigenvalue weighted by atomic mass is 16.6. The Labute approximate surface area is 183 Å². The molecule has 1 atom stereocenters. The van der Waals surface area contributed by atoms with Crippen LogP contribution in [-0.2, 0) is 17.9 Å². The van der Waals surface area contributed by atoms with E-state index in [1.807, 2.05) is 37.1 Å². The summed E-state index contributed by atoms with van der Waals surface area (Å²) in [5.74, 6) is 1.65. The van der Waals surface area contributed by atoms with E-state index in [9.17, 15) is 14.9 Å². The summed E-state index contributed by atoms with van der Waals surface area (Å²) >= 11 is 0. The predicted octanol–water partition coefficient (Wildman–Crippen LogP) is 3.77. The van der Waals surface area contributed by atoms with Crippen molar-refractivity contribution < 1.29 is 19.2 Å². The summed E-state index contributed by atoms with van der Waals surface area (Å²) in [6.07, 6.45) is 0. The molecule has 2 rings (SSSR count). The third-order valence-electron chi connectivity index (χ3n) is 4.89. The molecule has 2 aromatic rings. The van der Waals surface area contributed by atoms with Crippen LogP contribution in [0.3, 0.4) is 0 Å². The molecule has 31 heavy (non-hydrogen) atoms. The van der Waals surface area contributed by atoms with Crippen molar-refractivity contribution in [3.8, 4) is 11.5 Å². The molecule has 168 valence electrons. The summed E-state index contributed by atoms with van der Waals surface area (Å²) < 4.78 is 11.2. The second-order valence-corrected chi connectivity index (χ2v) is 7.92. The summed E-state index contributed by atoms with van der Waals surface area (Å²) in [5.41, 5.74) is 1.84. The van der Waals surface area contributed by atoms with Gasteiger partial charge in [0, 0.05) is 25.2 Å². The van der Waals surface area contributed by atoms with Crippen molar-refractivity contribution in [2.45, 2.75) is 39.9 Å². The standard InChI is InChI=1S/C23H31N3O5/c1-16(2)15-31-22-12-19(8-11-21(22)30-5)14-25(4)17(3)23(27)24-13-18-6-9-20(10-7-18)26(28)29/h6-12,16-17H,13-15H2,1-5H3,(H,24,27). The van der Waals surface area contributed by atoms with E-state index in [2.05, 4.69) is 19.2 Å². The Morgan fingerprint density at radius 1 is 1.10 bits per heavy atom. The smallest absolute Gasteiger partial charge is 0.269 e. The van der Waals surface area contributed by atoms with Gasteiger partial charge in [0.15, 0.2) is 11.5 Å². The van der Waals surface area contributed by atoms with Crippen LogP contribution in [0.2, 0.25) is 0 Å². The number of benzene rings is 2. The molecule has 0 spiro atoms. The van der Waals surface area contributed by atoms with Gasteiger partial charge in [-0.1, -0.05) is 32.0 Å². The van der Waals surface area contributed by atoms with Gasteiger partial charge in [0.2, 0.25) is 5.91 Å². The number of carbonyl (C=O) groups is 1. The number of nitro benzene ring substituents is 1. The number of likely N-dealkylation sites (N-methyl/N-ethyl adjacent to an activating group) is 1. The van der Waals surface area contributed by atoms with Gasteiger partial charge in [0.1, 0.15) is 0 Å². The van der Waals surface area contributed by atoms with Crippen LogP contribution in [0.1, 0.15) is 31.9 Å². The van der Waals surface area contributed by atoms with Crippen molar-refractivity contribution in [3.05, 3.63) is 63.7 Å². The molecular weight excluding hydrogens is 398 g/mol. The van der Waals surface area contributed by atoms with Crippen LogP contribution < -0.4 is 14.8 Å². The average molecular weight is 430 g/mol. The van der Waals surface area contributed by atoms with Gasteiger partial charge in [-0.2, -0.15) is 0 Å². The minimum atomic E-state index is -0.447. The fourth-order valence-corrected chi connectivity index (χ4v) is 2.89. The minimum Gasteiger partial charge on any atom is -0.493 e. The zero-order chi connectivity index (χ0) is 23.0. The van der Waals surface area contributed by atoms with Crippen molar-refractivity contribution in [1.82, 2.24) is 10.2 Å². The zero-order valence-electron chi connectivity index (χ0n) is 18.8. The fraction of sp³-hybridized carbons (Fsp3) is 0.435. The second kappa shape index (κ2) is 11.3. The molecule has 0 aliphatic carbocycles. The average Bonchev–Trinajstić information content (AvgIpc) is 2.75. The summed E-state index contributed by atoms with van der Waals surface area (Å²) in [4.78, 5) is 24.8. The Balaban J connectivity index is 1.94. The van der Waals surface area contributed by atoms with Crippen molar-refractivity contribution in [1.29, 1.82) is 0 Å². The van der Waals surface area contributed by atoms with Crippen molar-refractivity contribution >= 4 is 11.6 Å². The van der Waals surface area contributed by atoms with Gasteiger partial charge in [0.25, 0.3) is 5.69 Å². The molecule has 8 nitrogen and oxygen atoms in total. The van der Waals surface area contributed by atoms with Gasteiger partial charge in [0.05, 0.1) is 24.7 Å². The molecule has 0 fully saturated rings. The molecule has 0 aliphatic rings. The van der Waals surface area contributed by atoms with Crippen LogP contribution in [0.25, 0.3) is 0 Å². The van der Waals surface area contributed by atoms with Crippen LogP contribution in [0, 0.1) is 16.0 Å². The number of nitrogens with one attached hydrogen (secondary N) is 1. The second-order valence-electron chi connectivity index (χ2n) is 7.92. The number of hydrogen-bond acceptors (Lipinski definition) is 6. The number of hydrogen-bond donors (Lipinski definition) is 1. The van der Waals surface area contributed by atoms with Crippen LogP contribution in [0.15, 0.2) is 42.5 Å². The molecule has 0 saturated carbocycles. The number of methoxy groups -OCH3 is 1. The molecule has 1 unspecified atom stereocenters. The lowest BCUT2D eigenvalue weighted by molar-refractivity contribution is -0.384. The number of carbonyl (C=O) groups excluding carboxylic acids is 1. The molecular formula is C23H31N3O5. The number of nitrogens with zero attached hydrogens (tertiary/aromatic N) is 2. The molecule has 2 aromatic carbocycles. The highest BCUT2D eigenvalue weighted by Gasteiger charge is 2.19. The van der Waals surface area contributed by atoms with Gasteiger partial charge in [-0.15, -0.1) is 0 Å². The molecule has 0 heterocycles. The monoisotopic (exact) mass is 429 g/mol. The van der Waals surface area contributed by atoms with E-state index >= 15 is 0 Å². The molecule has 0 bridgehead atoms. The van der Waals surface area contributed by atoms with Gasteiger partial charge < -0.3 is 14.8 Å². The van der Waals surface area contributed by atoms with Crippen molar-refractivity contribution in [2.24, 2.45) is 5.92 Å². The molecule has 1 amide bonds. The first-order valence-electron chi connectivity index (χ1n) is 10.2. The van der Waals surface area contributed by atoms with Gasteiger partial charge >= 0.3 is 0 Å². The largest absolute Gasteiger partial charge is 0.493 e. The number of rotatable bonds is 11. The quantitative estimate of drug-likeness (QED) is 0.432. The highest BCUT2D eigenvalue weighted by molar-refractivity contribution is 5.81. The lowest BCUT2D eigenvalue weighted by Crippen LogP contribution is -2.42. The Bertz CT molecular complexity index is 883. The maximum absolute atomic E-state index is 12.6. The van der Waals surface area contributed by atoms with E-state index in [1.54, 1.807) is 19.2 Å². The van der Waals surface area contributed by atoms with Crippen LogP contribution in [-0.4, -0.2) is 42.5 Å². The first-order chi connectivity index (χ1) is 14.7. The van der Waals surface area contributed by atoms with Crippen LogP contribution >= 0.6 is 0 Å². The maximum Gasteiger partial charge on any atom is 0.269 e. The van der Waals surface area contributed by atoms with Crippen molar-refractivity contribution in [2.75, 3.05) is 20.8 Å². The van der Waals surface area contributed by atoms with E-state index in [1.165, 1.54) is 12.1 Å². The van der Waals surface area contributed by atoms with Crippen molar-refractivity contribution in [3.63, 3.8) is 0 Å². The zero-order valence-corrected chi connectivity index (χ0v) is 18.8. The maximum atomic E-state index is 12.6. The fourth-order valence-electron chi connectivity index (χ4n) is 2.89. The van der Waals surface area contributed by atoms with Crippen LogP contribution in [0.4, 0.5) is 5.69 Å². The molecule has 1 N–H and O–H groups in total. The first-order valence-corrected chi connectivity index (χ1v) is 10.2. The number of amides is 1. The Hall–Kier alpha value is -3.13. The lowest BCUT2D eigenvalue weighted by Gasteiger charge is -2.24. The van der Waals surface area contributed by atoms with E-state index in [4.69, 9.17) is 9.47 Å². The predicted molar refractivity (Wildman–Crippen MR) is 119 cm³/mol. The lowest BCUT2D eigenvalue weighted by atomic mass is 10.1. The van der Waals surface area contributed by atoms with Crippen LogP contribution in [0.5, 0.6) is 11.5 Å². The number of ether oxygens (including phenoxy) is 2. The Kier molecular flexibility index (Phi) is 8.81. The summed E-state index contributed by atoms with van der Waals surface area (Å²) in [7, 11) is 3.50. The topological polar surface area (TPSA) is 93.9 Å². The first kappa shape index (κ1) is 24.1. The van der Waals surface area contributed by atoms with E-state index in [-0.39, 0.29) is 17.6 Å². The molecule has 0 aromatic heterocycles. The van der Waals surface area contributed by atoms with Gasteiger partial charge in [-0.25, -0.2) is 0 Å². The van der Waals surface area contributed by atoms with E-state index < -0.39 is 4.92 Å². The SMILES string of the molecule is COc1ccc(CN(C)C(C)C(=O)NCc2ccc([N+](=O)[O-])cc2)cc1OCC(C)C. The molecule has 0 saturated heterocycles. The van der Waals surface area contributed by atoms with Gasteiger partial charge in [-0.3, -0.25) is 19.8 Å². The van der Waals surface area contributed by atoms with E-state index in [0.29, 0.717) is 37.1 Å².